The topological polar surface area (TPSA) is 114 Å². The number of carbonyl (C=O) groups excluding carboxylic acids is 3. The number of urea groups is 1. The average molecular weight is 279 g/mol. The van der Waals surface area contributed by atoms with Crippen molar-refractivity contribution in [3.05, 3.63) is 33.6 Å². The molecule has 0 saturated carbocycles. The Balaban J connectivity index is 2.41. The second-order valence-corrected chi connectivity index (χ2v) is 4.00. The van der Waals surface area contributed by atoms with Gasteiger partial charge in [-0.25, -0.2) is 4.79 Å². The summed E-state index contributed by atoms with van der Waals surface area (Å²) in [5.41, 5.74) is -0.307. The van der Waals surface area contributed by atoms with Gasteiger partial charge in [-0.1, -0.05) is 0 Å². The Labute approximate surface area is 112 Å². The number of nitro groups is 1. The number of barbiturate groups is 1. The van der Waals surface area contributed by atoms with Crippen molar-refractivity contribution in [3.8, 4) is 0 Å². The Hall–Kier alpha value is -2.97. The lowest BCUT2D eigenvalue weighted by atomic mass is 10.1. The van der Waals surface area contributed by atoms with Gasteiger partial charge in [0.05, 0.1) is 6.07 Å². The van der Waals surface area contributed by atoms with Gasteiger partial charge in [-0.2, -0.15) is 0 Å². The van der Waals surface area contributed by atoms with Gasteiger partial charge >= 0.3 is 11.9 Å². The van der Waals surface area contributed by atoms with Crippen LogP contribution < -0.4 is 0 Å². The number of nitrogens with zero attached hydrogens (tertiary/aromatic N) is 3. The fourth-order valence-corrected chi connectivity index (χ4v) is 1.64. The van der Waals surface area contributed by atoms with Crippen molar-refractivity contribution in [2.45, 2.75) is 0 Å². The van der Waals surface area contributed by atoms with Gasteiger partial charge in [-0.05, 0) is 12.1 Å². The highest BCUT2D eigenvalue weighted by Crippen LogP contribution is 2.21. The molecule has 0 aromatic carbocycles. The number of likely N-dealkylation sites (N-methyl/N-ethyl adjacent to an activating group) is 2. The van der Waals surface area contributed by atoms with Gasteiger partial charge in [0.1, 0.15) is 16.3 Å². The van der Waals surface area contributed by atoms with Crippen molar-refractivity contribution in [2.75, 3.05) is 14.1 Å². The molecule has 1 aromatic rings. The van der Waals surface area contributed by atoms with Crippen LogP contribution in [-0.2, 0) is 9.59 Å². The summed E-state index contributed by atoms with van der Waals surface area (Å²) in [7, 11) is 2.46. The lowest BCUT2D eigenvalue weighted by Crippen LogP contribution is -2.52. The molecule has 2 rings (SSSR count). The number of rotatable bonds is 2. The molecule has 9 nitrogen and oxygen atoms in total. The summed E-state index contributed by atoms with van der Waals surface area (Å²) in [4.78, 5) is 46.5. The molecule has 1 aliphatic rings. The van der Waals surface area contributed by atoms with Gasteiger partial charge in [0, 0.05) is 14.1 Å². The van der Waals surface area contributed by atoms with Crippen molar-refractivity contribution in [2.24, 2.45) is 0 Å². The van der Waals surface area contributed by atoms with Crippen LogP contribution in [0.5, 0.6) is 0 Å². The molecule has 20 heavy (non-hydrogen) atoms. The second kappa shape index (κ2) is 4.61. The smallest absolute Gasteiger partial charge is 0.401 e. The highest BCUT2D eigenvalue weighted by molar-refractivity contribution is 6.30. The van der Waals surface area contributed by atoms with Gasteiger partial charge in [-0.3, -0.25) is 29.5 Å². The van der Waals surface area contributed by atoms with Crippen LogP contribution in [0, 0.1) is 10.1 Å². The lowest BCUT2D eigenvalue weighted by molar-refractivity contribution is -0.402. The molecule has 9 heteroatoms. The molecular formula is C11H9N3O6. The molecule has 2 heterocycles. The fourth-order valence-electron chi connectivity index (χ4n) is 1.64. The van der Waals surface area contributed by atoms with Gasteiger partial charge in [0.25, 0.3) is 11.8 Å². The van der Waals surface area contributed by atoms with Gasteiger partial charge in [-0.15, -0.1) is 0 Å². The number of furan rings is 1. The van der Waals surface area contributed by atoms with Crippen LogP contribution in [0.3, 0.4) is 0 Å². The van der Waals surface area contributed by atoms with Crippen LogP contribution in [0.1, 0.15) is 5.76 Å². The van der Waals surface area contributed by atoms with Crippen LogP contribution in [0.4, 0.5) is 10.7 Å². The molecular weight excluding hydrogens is 270 g/mol. The van der Waals surface area contributed by atoms with Crippen molar-refractivity contribution in [1.82, 2.24) is 9.80 Å². The van der Waals surface area contributed by atoms with Crippen LogP contribution in [0.15, 0.2) is 22.1 Å². The van der Waals surface area contributed by atoms with E-state index in [1.807, 2.05) is 0 Å². The summed E-state index contributed by atoms with van der Waals surface area (Å²) in [6.45, 7) is 0. The number of imide groups is 2. The molecule has 0 aliphatic carbocycles. The summed E-state index contributed by atoms with van der Waals surface area (Å²) in [5.74, 6) is -2.12. The molecule has 0 bridgehead atoms. The Morgan fingerprint density at radius 1 is 1.15 bits per heavy atom. The predicted octanol–water partition coefficient (Wildman–Crippen LogP) is 0.622. The van der Waals surface area contributed by atoms with Crippen molar-refractivity contribution >= 4 is 29.8 Å². The summed E-state index contributed by atoms with van der Waals surface area (Å²) in [6.07, 6.45) is 1.07. The first kappa shape index (κ1) is 13.5. The summed E-state index contributed by atoms with van der Waals surface area (Å²) in [6, 6.07) is 1.60. The van der Waals surface area contributed by atoms with E-state index in [0.29, 0.717) is 0 Å². The minimum absolute atomic E-state index is 0.0236. The van der Waals surface area contributed by atoms with Crippen molar-refractivity contribution < 1.29 is 23.7 Å². The standard InChI is InChI=1S/C11H9N3O6/c1-12-9(15)7(10(16)13(2)11(12)17)5-6-3-4-8(20-6)14(18)19/h3-5H,1-2H3. The van der Waals surface area contributed by atoms with E-state index in [1.54, 1.807) is 0 Å². The first-order valence-corrected chi connectivity index (χ1v) is 5.39. The first-order valence-electron chi connectivity index (χ1n) is 5.39. The molecule has 1 aliphatic heterocycles. The maximum atomic E-state index is 11.9. The van der Waals surface area contributed by atoms with Crippen LogP contribution in [-0.4, -0.2) is 46.7 Å². The van der Waals surface area contributed by atoms with E-state index in [4.69, 9.17) is 4.42 Å². The molecule has 1 saturated heterocycles. The van der Waals surface area contributed by atoms with E-state index in [9.17, 15) is 24.5 Å². The molecule has 104 valence electrons. The first-order chi connectivity index (χ1) is 9.32. The lowest BCUT2D eigenvalue weighted by Gasteiger charge is -2.28. The minimum Gasteiger partial charge on any atom is -0.401 e. The van der Waals surface area contributed by atoms with Crippen LogP contribution in [0.25, 0.3) is 6.08 Å². The molecule has 1 fully saturated rings. The third kappa shape index (κ3) is 2.05. The van der Waals surface area contributed by atoms with E-state index >= 15 is 0 Å². The molecule has 0 radical (unpaired) electrons. The van der Waals surface area contributed by atoms with E-state index in [0.717, 1.165) is 21.9 Å². The van der Waals surface area contributed by atoms with E-state index in [-0.39, 0.29) is 11.3 Å². The quantitative estimate of drug-likeness (QED) is 0.339. The third-order valence-electron chi connectivity index (χ3n) is 2.72. The number of hydrogen-bond donors (Lipinski definition) is 0. The van der Waals surface area contributed by atoms with E-state index < -0.39 is 28.7 Å². The Kier molecular flexibility index (Phi) is 3.10. The zero-order valence-electron chi connectivity index (χ0n) is 10.5. The maximum absolute atomic E-state index is 11.9. The second-order valence-electron chi connectivity index (χ2n) is 4.00. The Morgan fingerprint density at radius 2 is 1.70 bits per heavy atom. The average Bonchev–Trinajstić information content (AvgIpc) is 2.88. The van der Waals surface area contributed by atoms with Gasteiger partial charge < -0.3 is 4.42 Å². The SMILES string of the molecule is CN1C(=O)C(=Cc2ccc([N+](=O)[O-])o2)C(=O)N(C)C1=O. The van der Waals surface area contributed by atoms with Gasteiger partial charge in [0.15, 0.2) is 0 Å². The zero-order valence-corrected chi connectivity index (χ0v) is 10.5. The van der Waals surface area contributed by atoms with Crippen LogP contribution in [0.2, 0.25) is 0 Å². The molecule has 0 unspecified atom stereocenters. The van der Waals surface area contributed by atoms with Crippen molar-refractivity contribution in [1.29, 1.82) is 0 Å². The number of hydrogen-bond acceptors (Lipinski definition) is 6. The number of carbonyl (C=O) groups is 3. The monoisotopic (exact) mass is 279 g/mol. The zero-order chi connectivity index (χ0) is 15.0. The molecule has 4 amide bonds. The predicted molar refractivity (Wildman–Crippen MR) is 64.3 cm³/mol. The fraction of sp³-hybridized carbons (Fsp3) is 0.182. The summed E-state index contributed by atoms with van der Waals surface area (Å²) < 4.78 is 4.84. The maximum Gasteiger partial charge on any atom is 0.433 e. The largest absolute Gasteiger partial charge is 0.433 e. The molecule has 1 aromatic heterocycles. The Morgan fingerprint density at radius 3 is 2.15 bits per heavy atom. The normalized spacial score (nSPS) is 15.9. The van der Waals surface area contributed by atoms with E-state index in [1.165, 1.54) is 20.2 Å². The summed E-state index contributed by atoms with van der Waals surface area (Å²) >= 11 is 0. The molecule has 0 spiro atoms. The third-order valence-corrected chi connectivity index (χ3v) is 2.72. The minimum atomic E-state index is -0.794. The highest BCUT2D eigenvalue weighted by atomic mass is 16.6. The number of amides is 4. The Bertz CT molecular complexity index is 633. The molecule has 0 atom stereocenters. The van der Waals surface area contributed by atoms with Crippen molar-refractivity contribution in [3.63, 3.8) is 0 Å². The molecule has 0 N–H and O–H groups in total. The highest BCUT2D eigenvalue weighted by Gasteiger charge is 2.38. The van der Waals surface area contributed by atoms with Crippen LogP contribution >= 0.6 is 0 Å². The summed E-state index contributed by atoms with van der Waals surface area (Å²) in [5, 5.41) is 10.5. The van der Waals surface area contributed by atoms with Gasteiger partial charge in [0.2, 0.25) is 0 Å². The van der Waals surface area contributed by atoms with E-state index in [2.05, 4.69) is 0 Å².